The summed E-state index contributed by atoms with van der Waals surface area (Å²) < 4.78 is 18.5. The molecule has 1 aliphatic rings. The number of morpholine rings is 1. The molecule has 1 aliphatic heterocycles. The van der Waals surface area contributed by atoms with E-state index in [0.717, 1.165) is 0 Å². The van der Waals surface area contributed by atoms with Crippen LogP contribution in [-0.4, -0.2) is 42.4 Å². The Labute approximate surface area is 116 Å². The summed E-state index contributed by atoms with van der Waals surface area (Å²) in [5.41, 5.74) is 5.93. The number of carbonyl (C=O) groups is 1. The monoisotopic (exact) mass is 284 g/mol. The third-order valence-corrected chi connectivity index (χ3v) is 3.81. The van der Waals surface area contributed by atoms with Crippen LogP contribution in [0.3, 0.4) is 0 Å². The number of rotatable bonds is 3. The molecular formula is C13H17FN2O2S. The summed E-state index contributed by atoms with van der Waals surface area (Å²) in [6, 6.07) is 4.31. The van der Waals surface area contributed by atoms with Crippen molar-refractivity contribution in [2.75, 3.05) is 31.2 Å². The van der Waals surface area contributed by atoms with Gasteiger partial charge < -0.3 is 15.4 Å². The van der Waals surface area contributed by atoms with Gasteiger partial charge in [-0.25, -0.2) is 4.39 Å². The number of nitrogen functional groups attached to an aromatic ring is 1. The van der Waals surface area contributed by atoms with Crippen LogP contribution in [-0.2, 0) is 9.53 Å². The Morgan fingerprint density at radius 2 is 2.37 bits per heavy atom. The van der Waals surface area contributed by atoms with E-state index >= 15 is 0 Å². The summed E-state index contributed by atoms with van der Waals surface area (Å²) in [4.78, 5) is 14.5. The van der Waals surface area contributed by atoms with Crippen LogP contribution in [0.1, 0.15) is 6.92 Å². The summed E-state index contributed by atoms with van der Waals surface area (Å²) in [7, 11) is 0. The summed E-state index contributed by atoms with van der Waals surface area (Å²) >= 11 is 1.30. The molecule has 1 heterocycles. The highest BCUT2D eigenvalue weighted by atomic mass is 32.2. The average Bonchev–Trinajstić information content (AvgIpc) is 2.35. The third kappa shape index (κ3) is 4.11. The number of anilines is 1. The van der Waals surface area contributed by atoms with Crippen LogP contribution in [0.15, 0.2) is 23.1 Å². The Bertz CT molecular complexity index is 450. The summed E-state index contributed by atoms with van der Waals surface area (Å²) in [6.45, 7) is 3.75. The van der Waals surface area contributed by atoms with Crippen molar-refractivity contribution >= 4 is 23.4 Å². The van der Waals surface area contributed by atoms with Crippen LogP contribution in [0.4, 0.5) is 10.1 Å². The summed E-state index contributed by atoms with van der Waals surface area (Å²) in [5.74, 6) is -0.0479. The largest absolute Gasteiger partial charge is 0.399 e. The molecule has 1 fully saturated rings. The number of halogens is 1. The second kappa shape index (κ2) is 6.25. The van der Waals surface area contributed by atoms with Crippen LogP contribution < -0.4 is 5.73 Å². The quantitative estimate of drug-likeness (QED) is 0.678. The van der Waals surface area contributed by atoms with Gasteiger partial charge in [-0.3, -0.25) is 4.79 Å². The van der Waals surface area contributed by atoms with Crippen molar-refractivity contribution in [3.63, 3.8) is 0 Å². The molecule has 4 nitrogen and oxygen atoms in total. The number of ether oxygens (including phenoxy) is 1. The second-order valence-corrected chi connectivity index (χ2v) is 5.58. The number of amides is 1. The highest BCUT2D eigenvalue weighted by Gasteiger charge is 2.21. The minimum Gasteiger partial charge on any atom is -0.399 e. The van der Waals surface area contributed by atoms with Crippen LogP contribution in [0, 0.1) is 5.82 Å². The molecule has 0 aliphatic carbocycles. The van der Waals surface area contributed by atoms with Gasteiger partial charge in [-0.1, -0.05) is 0 Å². The number of benzene rings is 1. The van der Waals surface area contributed by atoms with E-state index in [-0.39, 0.29) is 23.6 Å². The van der Waals surface area contributed by atoms with Crippen molar-refractivity contribution in [3.05, 3.63) is 24.0 Å². The highest BCUT2D eigenvalue weighted by Crippen LogP contribution is 2.22. The molecule has 0 aromatic heterocycles. The molecule has 2 N–H and O–H groups in total. The SMILES string of the molecule is CC1CN(C(=O)CSc2cc(N)cc(F)c2)CCO1. The van der Waals surface area contributed by atoms with E-state index in [0.29, 0.717) is 30.3 Å². The Morgan fingerprint density at radius 1 is 1.58 bits per heavy atom. The molecule has 1 amide bonds. The van der Waals surface area contributed by atoms with E-state index in [9.17, 15) is 9.18 Å². The van der Waals surface area contributed by atoms with Gasteiger partial charge >= 0.3 is 0 Å². The van der Waals surface area contributed by atoms with Gasteiger partial charge in [0, 0.05) is 23.7 Å². The molecule has 0 bridgehead atoms. The fourth-order valence-electron chi connectivity index (χ4n) is 1.95. The van der Waals surface area contributed by atoms with Gasteiger partial charge in [0.15, 0.2) is 0 Å². The van der Waals surface area contributed by atoms with Gasteiger partial charge in [-0.05, 0) is 25.1 Å². The Balaban J connectivity index is 1.89. The van der Waals surface area contributed by atoms with Crippen molar-refractivity contribution in [1.82, 2.24) is 4.90 Å². The van der Waals surface area contributed by atoms with E-state index < -0.39 is 0 Å². The first-order valence-corrected chi connectivity index (χ1v) is 7.11. The lowest BCUT2D eigenvalue weighted by atomic mass is 10.3. The van der Waals surface area contributed by atoms with Crippen LogP contribution in [0.2, 0.25) is 0 Å². The van der Waals surface area contributed by atoms with Crippen molar-refractivity contribution in [1.29, 1.82) is 0 Å². The van der Waals surface area contributed by atoms with E-state index in [2.05, 4.69) is 0 Å². The molecule has 19 heavy (non-hydrogen) atoms. The van der Waals surface area contributed by atoms with Gasteiger partial charge in [-0.2, -0.15) is 0 Å². The van der Waals surface area contributed by atoms with Crippen molar-refractivity contribution in [2.24, 2.45) is 0 Å². The van der Waals surface area contributed by atoms with Crippen LogP contribution in [0.5, 0.6) is 0 Å². The predicted octanol–water partition coefficient (Wildman–Crippen LogP) is 1.75. The first kappa shape index (κ1) is 14.1. The first-order chi connectivity index (χ1) is 9.04. The van der Waals surface area contributed by atoms with Crippen LogP contribution in [0.25, 0.3) is 0 Å². The first-order valence-electron chi connectivity index (χ1n) is 6.13. The van der Waals surface area contributed by atoms with Crippen molar-refractivity contribution in [3.8, 4) is 0 Å². The van der Waals surface area contributed by atoms with Gasteiger partial charge in [0.2, 0.25) is 5.91 Å². The minimum absolute atomic E-state index is 0.0444. The molecule has 0 spiro atoms. The van der Waals surface area contributed by atoms with E-state index in [1.54, 1.807) is 11.0 Å². The lowest BCUT2D eigenvalue weighted by molar-refractivity contribution is -0.135. The smallest absolute Gasteiger partial charge is 0.233 e. The van der Waals surface area contributed by atoms with E-state index in [1.807, 2.05) is 6.92 Å². The molecule has 2 rings (SSSR count). The number of thioether (sulfide) groups is 1. The molecule has 0 radical (unpaired) electrons. The molecule has 104 valence electrons. The fourth-order valence-corrected chi connectivity index (χ4v) is 2.84. The maximum Gasteiger partial charge on any atom is 0.233 e. The Kier molecular flexibility index (Phi) is 4.66. The number of hydrogen-bond donors (Lipinski definition) is 1. The summed E-state index contributed by atoms with van der Waals surface area (Å²) in [6.07, 6.45) is 0.0764. The Morgan fingerprint density at radius 3 is 3.05 bits per heavy atom. The third-order valence-electron chi connectivity index (χ3n) is 2.85. The standard InChI is InChI=1S/C13H17FN2O2S/c1-9-7-16(2-3-18-9)13(17)8-19-12-5-10(14)4-11(15)6-12/h4-6,9H,2-3,7-8,15H2,1H3. The van der Waals surface area contributed by atoms with Crippen LogP contribution >= 0.6 is 11.8 Å². The van der Waals surface area contributed by atoms with Gasteiger partial charge in [0.25, 0.3) is 0 Å². The molecule has 1 saturated heterocycles. The molecule has 0 saturated carbocycles. The Hall–Kier alpha value is -1.27. The van der Waals surface area contributed by atoms with E-state index in [1.165, 1.54) is 23.9 Å². The number of hydrogen-bond acceptors (Lipinski definition) is 4. The molecule has 1 unspecified atom stereocenters. The maximum absolute atomic E-state index is 13.2. The van der Waals surface area contributed by atoms with Gasteiger partial charge in [-0.15, -0.1) is 11.8 Å². The lowest BCUT2D eigenvalue weighted by Gasteiger charge is -2.31. The zero-order valence-electron chi connectivity index (χ0n) is 10.8. The molecule has 6 heteroatoms. The molecular weight excluding hydrogens is 267 g/mol. The minimum atomic E-state index is -0.380. The summed E-state index contributed by atoms with van der Waals surface area (Å²) in [5, 5.41) is 0. The lowest BCUT2D eigenvalue weighted by Crippen LogP contribution is -2.45. The average molecular weight is 284 g/mol. The van der Waals surface area contributed by atoms with Crippen molar-refractivity contribution < 1.29 is 13.9 Å². The highest BCUT2D eigenvalue weighted by molar-refractivity contribution is 8.00. The zero-order valence-corrected chi connectivity index (χ0v) is 11.6. The van der Waals surface area contributed by atoms with Gasteiger partial charge in [0.1, 0.15) is 5.82 Å². The number of nitrogens with zero attached hydrogens (tertiary/aromatic N) is 1. The normalized spacial score (nSPS) is 19.5. The predicted molar refractivity (Wildman–Crippen MR) is 73.5 cm³/mol. The number of nitrogens with two attached hydrogens (primary N) is 1. The number of carbonyl (C=O) groups excluding carboxylic acids is 1. The van der Waals surface area contributed by atoms with E-state index in [4.69, 9.17) is 10.5 Å². The fraction of sp³-hybridized carbons (Fsp3) is 0.462. The zero-order chi connectivity index (χ0) is 13.8. The van der Waals surface area contributed by atoms with Gasteiger partial charge in [0.05, 0.1) is 18.5 Å². The second-order valence-electron chi connectivity index (χ2n) is 4.53. The maximum atomic E-state index is 13.2. The molecule has 1 aromatic carbocycles. The molecule has 1 atom stereocenters. The topological polar surface area (TPSA) is 55.6 Å². The van der Waals surface area contributed by atoms with Crippen molar-refractivity contribution in [2.45, 2.75) is 17.9 Å². The molecule has 1 aromatic rings.